The molecule has 1 aromatic heterocycles. The van der Waals surface area contributed by atoms with Crippen LogP contribution in [0.1, 0.15) is 31.4 Å². The summed E-state index contributed by atoms with van der Waals surface area (Å²) in [5.74, 6) is 1.74. The van der Waals surface area contributed by atoms with E-state index in [9.17, 15) is 9.59 Å². The normalized spacial score (nSPS) is 25.3. The molecular formula is C19H17N3O4. The number of hydrogen-bond acceptors (Lipinski definition) is 5. The lowest BCUT2D eigenvalue weighted by Crippen LogP contribution is -2.33. The number of nitrogens with one attached hydrogen (secondary N) is 1. The fourth-order valence-electron chi connectivity index (χ4n) is 3.96. The van der Waals surface area contributed by atoms with Crippen LogP contribution in [0.25, 0.3) is 0 Å². The third kappa shape index (κ3) is 1.80. The highest BCUT2D eigenvalue weighted by Crippen LogP contribution is 2.54. The fraction of sp³-hybridized carbons (Fsp3) is 0.316. The predicted octanol–water partition coefficient (Wildman–Crippen LogP) is 2.72. The molecule has 0 saturated carbocycles. The molecule has 132 valence electrons. The molecule has 1 N–H and O–H groups in total. The van der Waals surface area contributed by atoms with Crippen molar-refractivity contribution >= 4 is 17.6 Å². The third-order valence-electron chi connectivity index (χ3n) is 5.38. The Kier molecular flexibility index (Phi) is 2.90. The SMILES string of the molecule is CC[C@H]1NC(=O)N(c2cnc3c(c2)C2(C)COc4cccc(c42)O3)C1=O. The summed E-state index contributed by atoms with van der Waals surface area (Å²) in [5, 5.41) is 2.70. The van der Waals surface area contributed by atoms with Crippen molar-refractivity contribution in [1.29, 1.82) is 0 Å². The lowest BCUT2D eigenvalue weighted by Gasteiger charge is -2.31. The van der Waals surface area contributed by atoms with E-state index in [1.807, 2.05) is 31.2 Å². The van der Waals surface area contributed by atoms with Crippen molar-refractivity contribution in [2.24, 2.45) is 0 Å². The highest BCUT2D eigenvalue weighted by atomic mass is 16.5. The van der Waals surface area contributed by atoms with Gasteiger partial charge in [-0.1, -0.05) is 13.0 Å². The Morgan fingerprint density at radius 3 is 2.92 bits per heavy atom. The van der Waals surface area contributed by atoms with Gasteiger partial charge in [0.2, 0.25) is 5.88 Å². The van der Waals surface area contributed by atoms with E-state index in [-0.39, 0.29) is 5.91 Å². The van der Waals surface area contributed by atoms with E-state index in [0.717, 1.165) is 27.5 Å². The molecule has 0 bridgehead atoms. The van der Waals surface area contributed by atoms with Crippen LogP contribution in [0.5, 0.6) is 17.4 Å². The summed E-state index contributed by atoms with van der Waals surface area (Å²) in [6, 6.07) is 6.60. The number of amides is 3. The predicted molar refractivity (Wildman–Crippen MR) is 92.8 cm³/mol. The van der Waals surface area contributed by atoms with Crippen molar-refractivity contribution in [1.82, 2.24) is 10.3 Å². The number of fused-ring (bicyclic) bond motifs is 2. The molecule has 0 radical (unpaired) electrons. The second-order valence-corrected chi connectivity index (χ2v) is 6.98. The van der Waals surface area contributed by atoms with Gasteiger partial charge in [0.15, 0.2) is 0 Å². The lowest BCUT2D eigenvalue weighted by molar-refractivity contribution is -0.118. The van der Waals surface area contributed by atoms with Crippen LogP contribution in [-0.2, 0) is 10.2 Å². The number of carbonyl (C=O) groups excluding carboxylic acids is 2. The lowest BCUT2D eigenvalue weighted by atomic mass is 9.76. The molecular weight excluding hydrogens is 334 g/mol. The van der Waals surface area contributed by atoms with Crippen LogP contribution in [0.15, 0.2) is 30.5 Å². The van der Waals surface area contributed by atoms with E-state index >= 15 is 0 Å². The molecule has 0 aliphatic carbocycles. The van der Waals surface area contributed by atoms with Crippen LogP contribution < -0.4 is 19.7 Å². The van der Waals surface area contributed by atoms with Crippen LogP contribution in [0.4, 0.5) is 10.5 Å². The molecule has 2 atom stereocenters. The molecule has 4 heterocycles. The molecule has 1 unspecified atom stereocenters. The topological polar surface area (TPSA) is 80.8 Å². The number of ether oxygens (including phenoxy) is 2. The Labute approximate surface area is 149 Å². The number of anilines is 1. The molecule has 1 aromatic carbocycles. The van der Waals surface area contributed by atoms with Crippen LogP contribution in [0, 0.1) is 0 Å². The Morgan fingerprint density at radius 1 is 1.35 bits per heavy atom. The smallest absolute Gasteiger partial charge is 0.329 e. The number of hydrogen-bond donors (Lipinski definition) is 1. The first kappa shape index (κ1) is 15.2. The summed E-state index contributed by atoms with van der Waals surface area (Å²) in [6.45, 7) is 4.38. The van der Waals surface area contributed by atoms with Gasteiger partial charge in [0.1, 0.15) is 24.1 Å². The average Bonchev–Trinajstić information content (AvgIpc) is 3.14. The summed E-state index contributed by atoms with van der Waals surface area (Å²) >= 11 is 0. The van der Waals surface area contributed by atoms with Gasteiger partial charge in [-0.05, 0) is 31.5 Å². The van der Waals surface area contributed by atoms with Gasteiger partial charge in [-0.2, -0.15) is 0 Å². The second kappa shape index (κ2) is 4.97. The highest BCUT2D eigenvalue weighted by Gasteiger charge is 2.47. The Balaban J connectivity index is 1.63. The van der Waals surface area contributed by atoms with E-state index in [4.69, 9.17) is 9.47 Å². The summed E-state index contributed by atoms with van der Waals surface area (Å²) < 4.78 is 11.8. The molecule has 2 aromatic rings. The number of nitrogens with zero attached hydrogens (tertiary/aromatic N) is 2. The number of benzene rings is 1. The van der Waals surface area contributed by atoms with E-state index in [0.29, 0.717) is 24.6 Å². The zero-order chi connectivity index (χ0) is 18.1. The first-order chi connectivity index (χ1) is 12.5. The van der Waals surface area contributed by atoms with E-state index in [2.05, 4.69) is 17.2 Å². The van der Waals surface area contributed by atoms with Gasteiger partial charge in [-0.25, -0.2) is 14.7 Å². The maximum Gasteiger partial charge on any atom is 0.329 e. The molecule has 3 amide bonds. The Hall–Kier alpha value is -3.09. The number of imide groups is 1. The minimum absolute atomic E-state index is 0.259. The van der Waals surface area contributed by atoms with Gasteiger partial charge in [-0.3, -0.25) is 4.79 Å². The van der Waals surface area contributed by atoms with E-state index < -0.39 is 17.5 Å². The maximum atomic E-state index is 12.5. The first-order valence-corrected chi connectivity index (χ1v) is 8.62. The van der Waals surface area contributed by atoms with Crippen LogP contribution in [-0.4, -0.2) is 29.6 Å². The molecule has 1 saturated heterocycles. The van der Waals surface area contributed by atoms with Crippen molar-refractivity contribution in [2.45, 2.75) is 31.7 Å². The third-order valence-corrected chi connectivity index (χ3v) is 5.38. The zero-order valence-electron chi connectivity index (χ0n) is 14.4. The van der Waals surface area contributed by atoms with Gasteiger partial charge >= 0.3 is 6.03 Å². The summed E-state index contributed by atoms with van der Waals surface area (Å²) in [7, 11) is 0. The average molecular weight is 351 g/mol. The summed E-state index contributed by atoms with van der Waals surface area (Å²) in [5.41, 5.74) is 1.80. The van der Waals surface area contributed by atoms with Crippen molar-refractivity contribution in [2.75, 3.05) is 11.5 Å². The number of urea groups is 1. The molecule has 3 aliphatic heterocycles. The Morgan fingerprint density at radius 2 is 2.15 bits per heavy atom. The van der Waals surface area contributed by atoms with Crippen molar-refractivity contribution < 1.29 is 19.1 Å². The van der Waals surface area contributed by atoms with E-state index in [1.54, 1.807) is 0 Å². The quantitative estimate of drug-likeness (QED) is 0.842. The van der Waals surface area contributed by atoms with Gasteiger partial charge < -0.3 is 14.8 Å². The molecule has 7 heteroatoms. The molecule has 1 fully saturated rings. The van der Waals surface area contributed by atoms with Gasteiger partial charge in [0.25, 0.3) is 5.91 Å². The van der Waals surface area contributed by atoms with Crippen molar-refractivity contribution in [3.63, 3.8) is 0 Å². The van der Waals surface area contributed by atoms with Crippen molar-refractivity contribution in [3.8, 4) is 17.4 Å². The molecule has 7 nitrogen and oxygen atoms in total. The zero-order valence-corrected chi connectivity index (χ0v) is 14.4. The minimum atomic E-state index is -0.493. The number of pyridine rings is 1. The van der Waals surface area contributed by atoms with E-state index in [1.165, 1.54) is 6.20 Å². The highest BCUT2D eigenvalue weighted by molar-refractivity contribution is 6.21. The summed E-state index contributed by atoms with van der Waals surface area (Å²) in [6.07, 6.45) is 2.05. The first-order valence-electron chi connectivity index (χ1n) is 8.62. The molecule has 5 rings (SSSR count). The van der Waals surface area contributed by atoms with Crippen LogP contribution in [0.2, 0.25) is 0 Å². The molecule has 0 spiro atoms. The van der Waals surface area contributed by atoms with Gasteiger partial charge in [-0.15, -0.1) is 0 Å². The second-order valence-electron chi connectivity index (χ2n) is 6.98. The monoisotopic (exact) mass is 351 g/mol. The number of rotatable bonds is 2. The molecule has 26 heavy (non-hydrogen) atoms. The summed E-state index contributed by atoms with van der Waals surface area (Å²) in [4.78, 5) is 30.3. The van der Waals surface area contributed by atoms with Crippen LogP contribution in [0.3, 0.4) is 0 Å². The van der Waals surface area contributed by atoms with Gasteiger partial charge in [0, 0.05) is 5.56 Å². The number of carbonyl (C=O) groups is 2. The fourth-order valence-corrected chi connectivity index (χ4v) is 3.96. The number of aromatic nitrogens is 1. The van der Waals surface area contributed by atoms with Gasteiger partial charge in [0.05, 0.1) is 22.9 Å². The Bertz CT molecular complexity index is 973. The van der Waals surface area contributed by atoms with Crippen LogP contribution >= 0.6 is 0 Å². The maximum absolute atomic E-state index is 12.5. The minimum Gasteiger partial charge on any atom is -0.492 e. The molecule has 3 aliphatic rings. The standard InChI is InChI=1S/C19H17N3O4/c1-3-12-17(23)22(18(24)21-12)10-7-11-16(20-8-10)26-14-6-4-5-13-15(14)19(11,2)9-25-13/h4-8,12H,3,9H2,1-2H3,(H,21,24)/t12-,19?/m1/s1. The van der Waals surface area contributed by atoms with Crippen molar-refractivity contribution in [3.05, 3.63) is 41.6 Å². The largest absolute Gasteiger partial charge is 0.492 e.